The Labute approximate surface area is 117 Å². The minimum Gasteiger partial charge on any atom is -0.481 e. The molecule has 3 nitrogen and oxygen atoms in total. The maximum absolute atomic E-state index is 10.3. The highest BCUT2D eigenvalue weighted by molar-refractivity contribution is 6.42. The molecule has 0 amide bonds. The third-order valence-electron chi connectivity index (χ3n) is 2.72. The van der Waals surface area contributed by atoms with Crippen molar-refractivity contribution in [3.05, 3.63) is 33.8 Å². The fraction of sp³-hybridized carbons (Fsp3) is 0.462. The smallest absolute Gasteiger partial charge is 0.303 e. The first-order chi connectivity index (χ1) is 8.52. The Hall–Kier alpha value is -0.770. The molecule has 1 aromatic rings. The Morgan fingerprint density at radius 2 is 2.11 bits per heavy atom. The van der Waals surface area contributed by atoms with Gasteiger partial charge < -0.3 is 10.4 Å². The average molecular weight is 290 g/mol. The van der Waals surface area contributed by atoms with Gasteiger partial charge in [0.05, 0.1) is 10.0 Å². The van der Waals surface area contributed by atoms with Crippen LogP contribution in [0.2, 0.25) is 10.0 Å². The molecule has 2 N–H and O–H groups in total. The van der Waals surface area contributed by atoms with Crippen molar-refractivity contribution >= 4 is 29.2 Å². The first kappa shape index (κ1) is 15.3. The summed E-state index contributed by atoms with van der Waals surface area (Å²) < 4.78 is 0. The van der Waals surface area contributed by atoms with E-state index in [-0.39, 0.29) is 12.5 Å². The third-order valence-corrected chi connectivity index (χ3v) is 3.55. The molecule has 5 heteroatoms. The lowest BCUT2D eigenvalue weighted by molar-refractivity contribution is -0.137. The van der Waals surface area contributed by atoms with Crippen LogP contribution >= 0.6 is 23.2 Å². The van der Waals surface area contributed by atoms with Crippen LogP contribution in [-0.2, 0) is 4.79 Å². The monoisotopic (exact) mass is 289 g/mol. The van der Waals surface area contributed by atoms with E-state index in [1.165, 1.54) is 0 Å². The van der Waals surface area contributed by atoms with E-state index >= 15 is 0 Å². The second-order valence-electron chi connectivity index (χ2n) is 4.17. The van der Waals surface area contributed by atoms with Gasteiger partial charge in [-0.05, 0) is 37.9 Å². The number of rotatable bonds is 7. The number of unbranched alkanes of at least 4 members (excludes halogenated alkanes) is 1. The molecule has 100 valence electrons. The molecule has 1 atom stereocenters. The zero-order chi connectivity index (χ0) is 13.5. The molecular weight excluding hydrogens is 273 g/mol. The Morgan fingerprint density at radius 3 is 2.78 bits per heavy atom. The van der Waals surface area contributed by atoms with Crippen LogP contribution in [0.5, 0.6) is 0 Å². The molecule has 0 aliphatic carbocycles. The average Bonchev–Trinajstić information content (AvgIpc) is 2.31. The predicted molar refractivity (Wildman–Crippen MR) is 74.4 cm³/mol. The van der Waals surface area contributed by atoms with Crippen molar-refractivity contribution in [1.29, 1.82) is 0 Å². The molecule has 1 aromatic carbocycles. The quantitative estimate of drug-likeness (QED) is 0.749. The molecule has 0 saturated heterocycles. The van der Waals surface area contributed by atoms with Gasteiger partial charge in [0.2, 0.25) is 0 Å². The molecule has 0 saturated carbocycles. The van der Waals surface area contributed by atoms with Crippen LogP contribution < -0.4 is 5.32 Å². The Bertz CT molecular complexity index is 410. The van der Waals surface area contributed by atoms with E-state index in [2.05, 4.69) is 5.32 Å². The molecule has 0 aromatic heterocycles. The van der Waals surface area contributed by atoms with Crippen molar-refractivity contribution in [2.45, 2.75) is 32.2 Å². The van der Waals surface area contributed by atoms with Gasteiger partial charge >= 0.3 is 5.97 Å². The predicted octanol–water partition coefficient (Wildman–Crippen LogP) is 3.90. The standard InChI is InChI=1S/C13H17Cl2NO2/c1-9(16-8-3-2-7-12(17)18)10-5-4-6-11(14)13(10)15/h4-6,9,16H,2-3,7-8H2,1H3,(H,17,18). The maximum Gasteiger partial charge on any atom is 0.303 e. The topological polar surface area (TPSA) is 49.3 Å². The van der Waals surface area contributed by atoms with Crippen LogP contribution in [0.15, 0.2) is 18.2 Å². The van der Waals surface area contributed by atoms with Gasteiger partial charge in [-0.3, -0.25) is 4.79 Å². The minimum atomic E-state index is -0.749. The largest absolute Gasteiger partial charge is 0.481 e. The van der Waals surface area contributed by atoms with Crippen molar-refractivity contribution in [2.24, 2.45) is 0 Å². The van der Waals surface area contributed by atoms with E-state index in [4.69, 9.17) is 28.3 Å². The van der Waals surface area contributed by atoms with E-state index in [9.17, 15) is 4.79 Å². The molecule has 0 bridgehead atoms. The summed E-state index contributed by atoms with van der Waals surface area (Å²) in [6.07, 6.45) is 1.72. The molecule has 0 fully saturated rings. The molecule has 0 aliphatic heterocycles. The van der Waals surface area contributed by atoms with Crippen LogP contribution in [0.4, 0.5) is 0 Å². The number of carbonyl (C=O) groups is 1. The van der Waals surface area contributed by atoms with Crippen LogP contribution in [-0.4, -0.2) is 17.6 Å². The summed E-state index contributed by atoms with van der Waals surface area (Å²) in [6.45, 7) is 2.77. The number of hydrogen-bond acceptors (Lipinski definition) is 2. The van der Waals surface area contributed by atoms with Gasteiger partial charge in [-0.15, -0.1) is 0 Å². The third kappa shape index (κ3) is 4.84. The molecule has 0 aliphatic rings. The summed E-state index contributed by atoms with van der Waals surface area (Å²) in [5, 5.41) is 12.9. The van der Waals surface area contributed by atoms with E-state index in [1.807, 2.05) is 19.1 Å². The number of halogens is 2. The number of aliphatic carboxylic acids is 1. The fourth-order valence-corrected chi connectivity index (χ4v) is 2.16. The summed E-state index contributed by atoms with van der Waals surface area (Å²) in [6, 6.07) is 5.66. The molecule has 0 spiro atoms. The lowest BCUT2D eigenvalue weighted by Crippen LogP contribution is -2.20. The number of nitrogens with one attached hydrogen (secondary N) is 1. The summed E-state index contributed by atoms with van der Waals surface area (Å²) in [4.78, 5) is 10.3. The lowest BCUT2D eigenvalue weighted by Gasteiger charge is -2.16. The Balaban J connectivity index is 2.38. The maximum atomic E-state index is 10.3. The van der Waals surface area contributed by atoms with Gasteiger partial charge in [0.1, 0.15) is 0 Å². The molecule has 18 heavy (non-hydrogen) atoms. The van der Waals surface area contributed by atoms with Crippen molar-refractivity contribution in [1.82, 2.24) is 5.32 Å². The summed E-state index contributed by atoms with van der Waals surface area (Å²) in [5.74, 6) is -0.749. The van der Waals surface area contributed by atoms with Gasteiger partial charge in [0.25, 0.3) is 0 Å². The lowest BCUT2D eigenvalue weighted by atomic mass is 10.1. The molecular formula is C13H17Cl2NO2. The summed E-state index contributed by atoms with van der Waals surface area (Å²) >= 11 is 12.1. The number of carboxylic acid groups (broad SMARTS) is 1. The number of carboxylic acids is 1. The van der Waals surface area contributed by atoms with Crippen molar-refractivity contribution in [3.63, 3.8) is 0 Å². The normalized spacial score (nSPS) is 12.4. The van der Waals surface area contributed by atoms with Crippen molar-refractivity contribution in [3.8, 4) is 0 Å². The Kier molecular flexibility index (Phi) is 6.47. The first-order valence-corrected chi connectivity index (χ1v) is 6.67. The van der Waals surface area contributed by atoms with Gasteiger partial charge in [0.15, 0.2) is 0 Å². The molecule has 0 heterocycles. The van der Waals surface area contributed by atoms with Crippen LogP contribution in [0, 0.1) is 0 Å². The number of benzene rings is 1. The SMILES string of the molecule is CC(NCCCCC(=O)O)c1cccc(Cl)c1Cl. The molecule has 0 radical (unpaired) electrons. The minimum absolute atomic E-state index is 0.0982. The van der Waals surface area contributed by atoms with Crippen LogP contribution in [0.1, 0.15) is 37.8 Å². The second-order valence-corrected chi connectivity index (χ2v) is 4.95. The number of hydrogen-bond donors (Lipinski definition) is 2. The second kappa shape index (κ2) is 7.62. The fourth-order valence-electron chi connectivity index (χ4n) is 1.68. The van der Waals surface area contributed by atoms with Crippen LogP contribution in [0.3, 0.4) is 0 Å². The van der Waals surface area contributed by atoms with Crippen molar-refractivity contribution < 1.29 is 9.90 Å². The highest BCUT2D eigenvalue weighted by Gasteiger charge is 2.10. The van der Waals surface area contributed by atoms with Crippen molar-refractivity contribution in [2.75, 3.05) is 6.54 Å². The van der Waals surface area contributed by atoms with E-state index in [0.29, 0.717) is 16.5 Å². The highest BCUT2D eigenvalue weighted by atomic mass is 35.5. The Morgan fingerprint density at radius 1 is 1.39 bits per heavy atom. The molecule has 1 rings (SSSR count). The summed E-state index contributed by atoms with van der Waals surface area (Å²) in [5.41, 5.74) is 0.961. The summed E-state index contributed by atoms with van der Waals surface area (Å²) in [7, 11) is 0. The van der Waals surface area contributed by atoms with E-state index in [0.717, 1.165) is 18.5 Å². The van der Waals surface area contributed by atoms with E-state index < -0.39 is 5.97 Å². The van der Waals surface area contributed by atoms with Gasteiger partial charge in [0, 0.05) is 12.5 Å². The van der Waals surface area contributed by atoms with Gasteiger partial charge in [-0.1, -0.05) is 35.3 Å². The zero-order valence-corrected chi connectivity index (χ0v) is 11.8. The van der Waals surface area contributed by atoms with Gasteiger partial charge in [-0.25, -0.2) is 0 Å². The zero-order valence-electron chi connectivity index (χ0n) is 10.2. The van der Waals surface area contributed by atoms with Crippen LogP contribution in [0.25, 0.3) is 0 Å². The van der Waals surface area contributed by atoms with Gasteiger partial charge in [-0.2, -0.15) is 0 Å². The molecule has 1 unspecified atom stereocenters. The highest BCUT2D eigenvalue weighted by Crippen LogP contribution is 2.29. The van der Waals surface area contributed by atoms with E-state index in [1.54, 1.807) is 6.07 Å². The first-order valence-electron chi connectivity index (χ1n) is 5.91.